The molecule has 7 heteroatoms. The minimum absolute atomic E-state index is 0.198. The van der Waals surface area contributed by atoms with Crippen LogP contribution in [0.5, 0.6) is 0 Å². The molecule has 1 saturated heterocycles. The number of nitriles is 2. The van der Waals surface area contributed by atoms with Gasteiger partial charge in [0.2, 0.25) is 0 Å². The van der Waals surface area contributed by atoms with Crippen molar-refractivity contribution >= 4 is 17.4 Å². The van der Waals surface area contributed by atoms with Crippen molar-refractivity contribution < 1.29 is 14.5 Å². The Morgan fingerprint density at radius 1 is 1.23 bits per heavy atom. The monoisotopic (exact) mass is 315 g/mol. The summed E-state index contributed by atoms with van der Waals surface area (Å²) in [6, 6.07) is 11.6. The Bertz CT molecular complexity index is 789. The number of benzene rings is 1. The molecule has 0 unspecified atom stereocenters. The quantitative estimate of drug-likeness (QED) is 0.734. The van der Waals surface area contributed by atoms with Crippen LogP contribution in [-0.2, 0) is 9.47 Å². The van der Waals surface area contributed by atoms with Gasteiger partial charge >= 0.3 is 5.91 Å². The molecule has 4 rings (SSSR count). The first-order valence-corrected chi connectivity index (χ1v) is 7.23. The maximum absolute atomic E-state index is 9.92. The molecule has 1 aromatic carbocycles. The lowest BCUT2D eigenvalue weighted by molar-refractivity contribution is -0.676. The summed E-state index contributed by atoms with van der Waals surface area (Å²) in [5, 5.41) is 20.2. The lowest BCUT2D eigenvalue weighted by Crippen LogP contribution is -2.89. The molecule has 22 heavy (non-hydrogen) atoms. The fourth-order valence-electron chi connectivity index (χ4n) is 3.99. The summed E-state index contributed by atoms with van der Waals surface area (Å²) < 4.78 is 11.4. The number of nitrogens with one attached hydrogen (secondary N) is 1. The van der Waals surface area contributed by atoms with Crippen molar-refractivity contribution in [2.75, 3.05) is 13.2 Å². The molecule has 1 saturated carbocycles. The Balaban J connectivity index is 1.97. The molecule has 1 aliphatic carbocycles. The summed E-state index contributed by atoms with van der Waals surface area (Å²) in [6.45, 7) is 0.668. The van der Waals surface area contributed by atoms with Crippen LogP contribution in [0, 0.1) is 33.5 Å². The predicted molar refractivity (Wildman–Crippen MR) is 75.1 cm³/mol. The molecule has 3 atom stereocenters. The van der Waals surface area contributed by atoms with Gasteiger partial charge in [0.1, 0.15) is 0 Å². The maximum atomic E-state index is 9.92. The van der Waals surface area contributed by atoms with Gasteiger partial charge < -0.3 is 9.47 Å². The van der Waals surface area contributed by atoms with Gasteiger partial charge in [-0.1, -0.05) is 29.8 Å². The Hall–Kier alpha value is -2.12. The van der Waals surface area contributed by atoms with Crippen molar-refractivity contribution in [3.05, 3.63) is 34.9 Å². The van der Waals surface area contributed by atoms with Gasteiger partial charge in [0, 0.05) is 10.9 Å². The van der Waals surface area contributed by atoms with E-state index in [1.165, 1.54) is 0 Å². The first kappa shape index (κ1) is 13.5. The van der Waals surface area contributed by atoms with E-state index in [0.717, 1.165) is 0 Å². The van der Waals surface area contributed by atoms with Crippen LogP contribution in [0.1, 0.15) is 11.5 Å². The third kappa shape index (κ3) is 1.14. The second-order valence-electron chi connectivity index (χ2n) is 5.65. The number of fused-ring (bicyclic) bond motifs is 2. The zero-order chi connectivity index (χ0) is 15.6. The number of ether oxygens (including phenoxy) is 2. The number of hydrogen-bond acceptors (Lipinski definition) is 5. The van der Waals surface area contributed by atoms with Crippen LogP contribution < -0.4 is 10.7 Å². The van der Waals surface area contributed by atoms with E-state index in [-0.39, 0.29) is 5.84 Å². The van der Waals surface area contributed by atoms with Gasteiger partial charge in [-0.05, 0) is 11.6 Å². The highest BCUT2D eigenvalue weighted by molar-refractivity contribution is 6.31. The van der Waals surface area contributed by atoms with Crippen molar-refractivity contribution in [1.29, 1.82) is 10.5 Å². The Kier molecular flexibility index (Phi) is 2.46. The highest BCUT2D eigenvalue weighted by atomic mass is 35.5. The molecule has 0 amide bonds. The fraction of sp³-hybridized carbons (Fsp3) is 0.400. The van der Waals surface area contributed by atoms with E-state index in [4.69, 9.17) is 26.8 Å². The van der Waals surface area contributed by atoms with Crippen LogP contribution in [-0.4, -0.2) is 25.0 Å². The molecule has 0 bridgehead atoms. The van der Waals surface area contributed by atoms with E-state index < -0.39 is 22.7 Å². The Labute approximate surface area is 131 Å². The van der Waals surface area contributed by atoms with E-state index in [0.29, 0.717) is 23.8 Å². The molecule has 3 aliphatic rings. The predicted octanol–water partition coefficient (Wildman–Crippen LogP) is -0.391. The van der Waals surface area contributed by atoms with Crippen LogP contribution >= 0.6 is 11.6 Å². The van der Waals surface area contributed by atoms with E-state index in [2.05, 4.69) is 17.1 Å². The molecule has 2 heterocycles. The number of amidine groups is 1. The summed E-state index contributed by atoms with van der Waals surface area (Å²) >= 11 is 6.28. The molecule has 1 aromatic rings. The first-order chi connectivity index (χ1) is 10.6. The molecular weight excluding hydrogens is 304 g/mol. The van der Waals surface area contributed by atoms with Gasteiger partial charge in [-0.2, -0.15) is 10.5 Å². The third-order valence-corrected chi connectivity index (χ3v) is 5.26. The Morgan fingerprint density at radius 3 is 2.50 bits per heavy atom. The van der Waals surface area contributed by atoms with Crippen LogP contribution in [0.25, 0.3) is 0 Å². The molecular formula is C15H12ClN4O2+. The molecule has 0 aromatic heterocycles. The van der Waals surface area contributed by atoms with E-state index in [1.54, 1.807) is 18.2 Å². The van der Waals surface area contributed by atoms with Gasteiger partial charge in [-0.3, -0.25) is 5.73 Å². The number of halogens is 1. The second-order valence-corrected chi connectivity index (χ2v) is 6.05. The normalized spacial score (nSPS) is 37.2. The minimum atomic E-state index is -1.38. The Morgan fingerprint density at radius 2 is 1.91 bits per heavy atom. The summed E-state index contributed by atoms with van der Waals surface area (Å²) in [5.41, 5.74) is 4.33. The molecule has 2 aliphatic heterocycles. The zero-order valence-electron chi connectivity index (χ0n) is 11.5. The SMILES string of the molecule is N#C[C@@]12C(N)=[NH+]C3(OCCO3)[C@]1(C#N)[C@H]2c1ccccc1Cl. The van der Waals surface area contributed by atoms with Crippen LogP contribution in [0.2, 0.25) is 5.02 Å². The highest BCUT2D eigenvalue weighted by Crippen LogP contribution is 2.79. The largest absolute Gasteiger partial charge is 0.343 e. The molecule has 3 N–H and O–H groups in total. The lowest BCUT2D eigenvalue weighted by atomic mass is 9.94. The third-order valence-electron chi connectivity index (χ3n) is 4.91. The summed E-state index contributed by atoms with van der Waals surface area (Å²) in [4.78, 5) is 2.89. The number of nitrogens with two attached hydrogens (primary N) is 1. The standard InChI is InChI=1S/C15H11ClN4O2/c16-10-4-2-1-3-9(10)11-13(7-17)12(19)20-15(14(11,13)8-18)21-5-6-22-15/h1-4,11H,5-6H2,(H2,19,20)/p+1/t11-,13+,14+/m0/s1. The summed E-state index contributed by atoms with van der Waals surface area (Å²) in [5.74, 6) is -1.68. The maximum Gasteiger partial charge on any atom is 0.343 e. The van der Waals surface area contributed by atoms with E-state index in [9.17, 15) is 10.5 Å². The van der Waals surface area contributed by atoms with Crippen molar-refractivity contribution in [3.63, 3.8) is 0 Å². The second kappa shape index (κ2) is 3.99. The van der Waals surface area contributed by atoms with Gasteiger partial charge in [-0.15, -0.1) is 0 Å². The van der Waals surface area contributed by atoms with Gasteiger partial charge in [0.05, 0.1) is 25.4 Å². The summed E-state index contributed by atoms with van der Waals surface area (Å²) in [7, 11) is 0. The van der Waals surface area contributed by atoms with E-state index in [1.807, 2.05) is 6.07 Å². The van der Waals surface area contributed by atoms with Crippen LogP contribution in [0.4, 0.5) is 0 Å². The van der Waals surface area contributed by atoms with Gasteiger partial charge in [0.25, 0.3) is 5.84 Å². The fourth-order valence-corrected chi connectivity index (χ4v) is 4.24. The first-order valence-electron chi connectivity index (χ1n) is 6.85. The smallest absolute Gasteiger partial charge is 0.311 e. The minimum Gasteiger partial charge on any atom is -0.311 e. The molecule has 0 radical (unpaired) electrons. The van der Waals surface area contributed by atoms with Crippen molar-refractivity contribution in [2.24, 2.45) is 16.6 Å². The van der Waals surface area contributed by atoms with Gasteiger partial charge in [-0.25, -0.2) is 4.99 Å². The number of hydrogen-bond donors (Lipinski definition) is 2. The van der Waals surface area contributed by atoms with Crippen molar-refractivity contribution in [1.82, 2.24) is 0 Å². The van der Waals surface area contributed by atoms with Crippen molar-refractivity contribution in [3.8, 4) is 12.1 Å². The summed E-state index contributed by atoms with van der Waals surface area (Å²) in [6.07, 6.45) is 0. The molecule has 6 nitrogen and oxygen atoms in total. The molecule has 1 spiro atoms. The highest BCUT2D eigenvalue weighted by Gasteiger charge is 2.97. The lowest BCUT2D eigenvalue weighted by Gasteiger charge is -2.23. The van der Waals surface area contributed by atoms with Crippen molar-refractivity contribution in [2.45, 2.75) is 11.8 Å². The molecule has 2 fully saturated rings. The van der Waals surface area contributed by atoms with Crippen LogP contribution in [0.15, 0.2) is 24.3 Å². The average Bonchev–Trinajstić information content (AvgIpc) is 2.76. The van der Waals surface area contributed by atoms with E-state index >= 15 is 0 Å². The van der Waals surface area contributed by atoms with Gasteiger partial charge in [0.15, 0.2) is 10.8 Å². The zero-order valence-corrected chi connectivity index (χ0v) is 12.2. The topological polar surface area (TPSA) is 106 Å². The number of rotatable bonds is 1. The molecule has 110 valence electrons. The van der Waals surface area contributed by atoms with Crippen LogP contribution in [0.3, 0.4) is 0 Å². The number of nitrogens with zero attached hydrogens (tertiary/aromatic N) is 2. The average molecular weight is 316 g/mol.